The van der Waals surface area contributed by atoms with Gasteiger partial charge in [0, 0.05) is 30.6 Å². The molecule has 0 aliphatic carbocycles. The quantitative estimate of drug-likeness (QED) is 0.711. The first-order valence-corrected chi connectivity index (χ1v) is 4.74. The van der Waals surface area contributed by atoms with E-state index in [0.717, 1.165) is 11.1 Å². The molecular weight excluding hydrogens is 206 g/mol. The fourth-order valence-corrected chi connectivity index (χ4v) is 1.36. The first-order chi connectivity index (χ1) is 7.70. The summed E-state index contributed by atoms with van der Waals surface area (Å²) >= 11 is 0. The van der Waals surface area contributed by atoms with Gasteiger partial charge < -0.3 is 4.74 Å². The van der Waals surface area contributed by atoms with E-state index in [2.05, 4.69) is 14.8 Å². The molecule has 2 rings (SSSR count). The normalized spacial score (nSPS) is 10.1. The van der Waals surface area contributed by atoms with Gasteiger partial charge in [-0.2, -0.15) is 5.10 Å². The van der Waals surface area contributed by atoms with Crippen LogP contribution < -0.4 is 0 Å². The number of aryl methyl sites for hydroxylation is 1. The summed E-state index contributed by atoms with van der Waals surface area (Å²) in [5.74, 6) is -0.433. The molecule has 0 aliphatic heterocycles. The van der Waals surface area contributed by atoms with Crippen molar-refractivity contribution in [2.45, 2.75) is 0 Å². The van der Waals surface area contributed by atoms with Crippen LogP contribution in [0.15, 0.2) is 30.7 Å². The second-order valence-corrected chi connectivity index (χ2v) is 3.33. The molecule has 0 bridgehead atoms. The summed E-state index contributed by atoms with van der Waals surface area (Å²) in [6.45, 7) is 0. The van der Waals surface area contributed by atoms with Crippen molar-refractivity contribution in [1.82, 2.24) is 14.8 Å². The van der Waals surface area contributed by atoms with Gasteiger partial charge in [-0.1, -0.05) is 6.07 Å². The number of esters is 1. The fraction of sp³-hybridized carbons (Fsp3) is 0.182. The summed E-state index contributed by atoms with van der Waals surface area (Å²) < 4.78 is 6.28. The van der Waals surface area contributed by atoms with E-state index in [1.54, 1.807) is 23.1 Å². The van der Waals surface area contributed by atoms with Gasteiger partial charge in [-0.15, -0.1) is 0 Å². The van der Waals surface area contributed by atoms with Crippen LogP contribution in [0, 0.1) is 0 Å². The van der Waals surface area contributed by atoms with Gasteiger partial charge in [0.1, 0.15) is 5.69 Å². The minimum atomic E-state index is -0.433. The standard InChI is InChI=1S/C11H11N3O2/c1-14-7-9(6-13-14)8-3-4-10(12-5-8)11(15)16-2/h3-7H,1-2H3. The lowest BCUT2D eigenvalue weighted by Crippen LogP contribution is -2.03. The summed E-state index contributed by atoms with van der Waals surface area (Å²) in [5.41, 5.74) is 2.18. The number of hydrogen-bond acceptors (Lipinski definition) is 4. The van der Waals surface area contributed by atoms with Crippen LogP contribution in [0.5, 0.6) is 0 Å². The molecule has 0 aromatic carbocycles. The number of aromatic nitrogens is 3. The van der Waals surface area contributed by atoms with E-state index in [1.807, 2.05) is 19.3 Å². The molecule has 0 aliphatic rings. The van der Waals surface area contributed by atoms with Gasteiger partial charge in [-0.05, 0) is 6.07 Å². The Kier molecular flexibility index (Phi) is 2.68. The molecule has 0 saturated heterocycles. The summed E-state index contributed by atoms with van der Waals surface area (Å²) in [4.78, 5) is 15.2. The number of ether oxygens (including phenoxy) is 1. The maximum atomic E-state index is 11.2. The van der Waals surface area contributed by atoms with E-state index in [4.69, 9.17) is 0 Å². The van der Waals surface area contributed by atoms with Crippen LogP contribution >= 0.6 is 0 Å². The van der Waals surface area contributed by atoms with E-state index >= 15 is 0 Å². The molecule has 0 unspecified atom stereocenters. The molecule has 0 radical (unpaired) electrons. The van der Waals surface area contributed by atoms with Crippen LogP contribution in [-0.4, -0.2) is 27.8 Å². The lowest BCUT2D eigenvalue weighted by atomic mass is 10.1. The van der Waals surface area contributed by atoms with Crippen molar-refractivity contribution in [1.29, 1.82) is 0 Å². The molecule has 82 valence electrons. The molecule has 0 spiro atoms. The first-order valence-electron chi connectivity index (χ1n) is 4.74. The van der Waals surface area contributed by atoms with Crippen molar-refractivity contribution in [3.8, 4) is 11.1 Å². The Morgan fingerprint density at radius 2 is 2.12 bits per heavy atom. The van der Waals surface area contributed by atoms with E-state index in [-0.39, 0.29) is 0 Å². The van der Waals surface area contributed by atoms with Crippen LogP contribution in [0.4, 0.5) is 0 Å². The Labute approximate surface area is 92.7 Å². The van der Waals surface area contributed by atoms with E-state index in [1.165, 1.54) is 7.11 Å². The van der Waals surface area contributed by atoms with Gasteiger partial charge in [0.05, 0.1) is 13.3 Å². The molecule has 5 nitrogen and oxygen atoms in total. The maximum Gasteiger partial charge on any atom is 0.356 e. The molecule has 0 saturated carbocycles. The van der Waals surface area contributed by atoms with Gasteiger partial charge in [0.25, 0.3) is 0 Å². The molecule has 0 fully saturated rings. The Hall–Kier alpha value is -2.17. The van der Waals surface area contributed by atoms with E-state index < -0.39 is 5.97 Å². The highest BCUT2D eigenvalue weighted by molar-refractivity contribution is 5.87. The van der Waals surface area contributed by atoms with Crippen molar-refractivity contribution < 1.29 is 9.53 Å². The summed E-state index contributed by atoms with van der Waals surface area (Å²) in [7, 11) is 3.18. The minimum Gasteiger partial charge on any atom is -0.464 e. The minimum absolute atomic E-state index is 0.301. The third-order valence-electron chi connectivity index (χ3n) is 2.20. The number of hydrogen-bond donors (Lipinski definition) is 0. The van der Waals surface area contributed by atoms with Crippen molar-refractivity contribution in [2.75, 3.05) is 7.11 Å². The predicted octanol–water partition coefficient (Wildman–Crippen LogP) is 1.27. The Morgan fingerprint density at radius 3 is 2.62 bits per heavy atom. The van der Waals surface area contributed by atoms with Crippen LogP contribution in [0.25, 0.3) is 11.1 Å². The zero-order chi connectivity index (χ0) is 11.5. The van der Waals surface area contributed by atoms with Gasteiger partial charge >= 0.3 is 5.97 Å². The van der Waals surface area contributed by atoms with Crippen molar-refractivity contribution in [2.24, 2.45) is 7.05 Å². The first kappa shape index (κ1) is 10.4. The predicted molar refractivity (Wildman–Crippen MR) is 57.8 cm³/mol. The molecule has 5 heteroatoms. The van der Waals surface area contributed by atoms with Crippen LogP contribution in [0.3, 0.4) is 0 Å². The summed E-state index contributed by atoms with van der Waals surface area (Å²) in [6.07, 6.45) is 5.26. The molecule has 0 N–H and O–H groups in total. The average molecular weight is 217 g/mol. The van der Waals surface area contributed by atoms with Crippen molar-refractivity contribution in [3.05, 3.63) is 36.4 Å². The lowest BCUT2D eigenvalue weighted by molar-refractivity contribution is 0.0594. The number of pyridine rings is 1. The second kappa shape index (κ2) is 4.14. The van der Waals surface area contributed by atoms with Gasteiger partial charge in [0.15, 0.2) is 0 Å². The Balaban J connectivity index is 2.29. The number of nitrogens with zero attached hydrogens (tertiary/aromatic N) is 3. The zero-order valence-corrected chi connectivity index (χ0v) is 9.04. The van der Waals surface area contributed by atoms with Gasteiger partial charge in [-0.3, -0.25) is 4.68 Å². The fourth-order valence-electron chi connectivity index (χ4n) is 1.36. The second-order valence-electron chi connectivity index (χ2n) is 3.33. The monoisotopic (exact) mass is 217 g/mol. The van der Waals surface area contributed by atoms with Gasteiger partial charge in [0.2, 0.25) is 0 Å². The highest BCUT2D eigenvalue weighted by Gasteiger charge is 2.07. The van der Waals surface area contributed by atoms with E-state index in [9.17, 15) is 4.79 Å². The smallest absolute Gasteiger partial charge is 0.356 e. The number of carbonyl (C=O) groups excluding carboxylic acids is 1. The van der Waals surface area contributed by atoms with E-state index in [0.29, 0.717) is 5.69 Å². The number of carbonyl (C=O) groups is 1. The molecule has 2 aromatic rings. The topological polar surface area (TPSA) is 57.0 Å². The SMILES string of the molecule is COC(=O)c1ccc(-c2cnn(C)c2)cn1. The Bertz CT molecular complexity index is 502. The molecule has 2 aromatic heterocycles. The molecule has 2 heterocycles. The van der Waals surface area contributed by atoms with Crippen LogP contribution in [-0.2, 0) is 11.8 Å². The van der Waals surface area contributed by atoms with Crippen LogP contribution in [0.2, 0.25) is 0 Å². The zero-order valence-electron chi connectivity index (χ0n) is 9.04. The third-order valence-corrected chi connectivity index (χ3v) is 2.20. The summed E-state index contributed by atoms with van der Waals surface area (Å²) in [5, 5.41) is 4.06. The highest BCUT2D eigenvalue weighted by Crippen LogP contribution is 2.17. The van der Waals surface area contributed by atoms with Crippen LogP contribution in [0.1, 0.15) is 10.5 Å². The van der Waals surface area contributed by atoms with Crippen molar-refractivity contribution >= 4 is 5.97 Å². The Morgan fingerprint density at radius 1 is 1.31 bits per heavy atom. The molecular formula is C11H11N3O2. The number of methoxy groups -OCH3 is 1. The molecule has 16 heavy (non-hydrogen) atoms. The maximum absolute atomic E-state index is 11.2. The highest BCUT2D eigenvalue weighted by atomic mass is 16.5. The number of rotatable bonds is 2. The average Bonchev–Trinajstić information content (AvgIpc) is 2.75. The summed E-state index contributed by atoms with van der Waals surface area (Å²) in [6, 6.07) is 3.45. The largest absolute Gasteiger partial charge is 0.464 e. The van der Waals surface area contributed by atoms with Gasteiger partial charge in [-0.25, -0.2) is 9.78 Å². The van der Waals surface area contributed by atoms with Crippen molar-refractivity contribution in [3.63, 3.8) is 0 Å². The third kappa shape index (κ3) is 1.93. The molecule has 0 amide bonds. The lowest BCUT2D eigenvalue weighted by Gasteiger charge is -1.99. The molecule has 0 atom stereocenters.